The van der Waals surface area contributed by atoms with Gasteiger partial charge in [-0.25, -0.2) is 0 Å². The number of nitrogens with zero attached hydrogens (tertiary/aromatic N) is 1. The van der Waals surface area contributed by atoms with Crippen LogP contribution in [-0.4, -0.2) is 49.3 Å². The predicted molar refractivity (Wildman–Crippen MR) is 68.6 cm³/mol. The van der Waals surface area contributed by atoms with Gasteiger partial charge < -0.3 is 15.3 Å². The molecule has 1 saturated heterocycles. The van der Waals surface area contributed by atoms with Gasteiger partial charge in [0.2, 0.25) is 0 Å². The molecule has 1 aliphatic rings. The Morgan fingerprint density at radius 2 is 2.12 bits per heavy atom. The molecule has 0 aromatic carbocycles. The van der Waals surface area contributed by atoms with Crippen LogP contribution in [0.15, 0.2) is 0 Å². The van der Waals surface area contributed by atoms with Crippen molar-refractivity contribution in [1.29, 1.82) is 0 Å². The molecule has 0 aromatic rings. The van der Waals surface area contributed by atoms with E-state index in [4.69, 9.17) is 5.11 Å². The van der Waals surface area contributed by atoms with Gasteiger partial charge in [-0.15, -0.1) is 0 Å². The fourth-order valence-electron chi connectivity index (χ4n) is 2.37. The Bertz CT molecular complexity index is 194. The lowest BCUT2D eigenvalue weighted by molar-refractivity contribution is 0.168. The Hall–Kier alpha value is -0.120. The van der Waals surface area contributed by atoms with Gasteiger partial charge in [0, 0.05) is 25.7 Å². The molecule has 3 heteroatoms. The molecular formula is C13H28N2O. The number of hydrogen-bond donors (Lipinski definition) is 2. The normalized spacial score (nSPS) is 23.6. The standard InChI is InChI=1S/C13H28N2O/c1-13(2,7-9-16)11-14-10-12-6-4-5-8-15(12)3/h12,14,16H,4-11H2,1-3H3. The van der Waals surface area contributed by atoms with Crippen molar-refractivity contribution in [3.8, 4) is 0 Å². The predicted octanol–water partition coefficient (Wildman–Crippen LogP) is 1.47. The van der Waals surface area contributed by atoms with Crippen molar-refractivity contribution >= 4 is 0 Å². The van der Waals surface area contributed by atoms with E-state index < -0.39 is 0 Å². The Morgan fingerprint density at radius 3 is 2.75 bits per heavy atom. The molecule has 0 spiro atoms. The Labute approximate surface area is 100 Å². The lowest BCUT2D eigenvalue weighted by atomic mass is 9.89. The van der Waals surface area contributed by atoms with E-state index in [9.17, 15) is 0 Å². The van der Waals surface area contributed by atoms with Crippen molar-refractivity contribution in [2.75, 3.05) is 33.3 Å². The minimum atomic E-state index is 0.210. The van der Waals surface area contributed by atoms with Crippen molar-refractivity contribution < 1.29 is 5.11 Å². The first-order valence-electron chi connectivity index (χ1n) is 6.57. The first-order valence-corrected chi connectivity index (χ1v) is 6.57. The fraction of sp³-hybridized carbons (Fsp3) is 1.00. The van der Waals surface area contributed by atoms with Crippen LogP contribution in [-0.2, 0) is 0 Å². The molecule has 1 fully saturated rings. The van der Waals surface area contributed by atoms with Crippen molar-refractivity contribution in [3.05, 3.63) is 0 Å². The quantitative estimate of drug-likeness (QED) is 0.722. The molecule has 1 rings (SSSR count). The van der Waals surface area contributed by atoms with Crippen molar-refractivity contribution in [2.45, 2.75) is 45.6 Å². The highest BCUT2D eigenvalue weighted by molar-refractivity contribution is 4.78. The van der Waals surface area contributed by atoms with Gasteiger partial charge in [0.05, 0.1) is 0 Å². The zero-order chi connectivity index (χ0) is 12.0. The molecule has 0 aliphatic carbocycles. The number of aliphatic hydroxyl groups is 1. The van der Waals surface area contributed by atoms with Crippen LogP contribution >= 0.6 is 0 Å². The third-order valence-electron chi connectivity index (χ3n) is 3.69. The summed E-state index contributed by atoms with van der Waals surface area (Å²) < 4.78 is 0. The number of rotatable bonds is 6. The number of aliphatic hydroxyl groups excluding tert-OH is 1. The van der Waals surface area contributed by atoms with Crippen LogP contribution in [0.4, 0.5) is 0 Å². The smallest absolute Gasteiger partial charge is 0.0436 e. The van der Waals surface area contributed by atoms with Crippen molar-refractivity contribution in [1.82, 2.24) is 10.2 Å². The molecule has 3 nitrogen and oxygen atoms in total. The van der Waals surface area contributed by atoms with Gasteiger partial charge in [-0.1, -0.05) is 20.3 Å². The second-order valence-electron chi connectivity index (χ2n) is 5.90. The zero-order valence-corrected chi connectivity index (χ0v) is 11.1. The molecule has 1 atom stereocenters. The number of likely N-dealkylation sites (N-methyl/N-ethyl adjacent to an activating group) is 1. The highest BCUT2D eigenvalue weighted by atomic mass is 16.3. The van der Waals surface area contributed by atoms with Gasteiger partial charge in [-0.3, -0.25) is 0 Å². The van der Waals surface area contributed by atoms with Crippen LogP contribution in [0.5, 0.6) is 0 Å². The number of likely N-dealkylation sites (tertiary alicyclic amines) is 1. The highest BCUT2D eigenvalue weighted by Crippen LogP contribution is 2.19. The van der Waals surface area contributed by atoms with E-state index >= 15 is 0 Å². The maximum atomic E-state index is 8.96. The minimum absolute atomic E-state index is 0.210. The average molecular weight is 228 g/mol. The monoisotopic (exact) mass is 228 g/mol. The first-order chi connectivity index (χ1) is 7.55. The van der Waals surface area contributed by atoms with E-state index in [0.29, 0.717) is 6.04 Å². The second-order valence-corrected chi connectivity index (χ2v) is 5.90. The van der Waals surface area contributed by atoms with Gasteiger partial charge in [0.25, 0.3) is 0 Å². The molecule has 0 aromatic heterocycles. The lowest BCUT2D eigenvalue weighted by Gasteiger charge is -2.34. The third-order valence-corrected chi connectivity index (χ3v) is 3.69. The van der Waals surface area contributed by atoms with Gasteiger partial charge in [0.15, 0.2) is 0 Å². The number of nitrogens with one attached hydrogen (secondary N) is 1. The molecule has 1 aliphatic heterocycles. The summed E-state index contributed by atoms with van der Waals surface area (Å²) in [5, 5.41) is 12.5. The van der Waals surface area contributed by atoms with E-state index in [1.165, 1.54) is 25.8 Å². The van der Waals surface area contributed by atoms with E-state index in [0.717, 1.165) is 19.5 Å². The molecule has 0 amide bonds. The summed E-state index contributed by atoms with van der Waals surface area (Å²) in [5.74, 6) is 0. The molecule has 16 heavy (non-hydrogen) atoms. The highest BCUT2D eigenvalue weighted by Gasteiger charge is 2.20. The molecule has 96 valence electrons. The van der Waals surface area contributed by atoms with E-state index in [1.807, 2.05) is 0 Å². The Balaban J connectivity index is 2.18. The Kier molecular flexibility index (Phi) is 5.73. The molecule has 2 N–H and O–H groups in total. The zero-order valence-electron chi connectivity index (χ0n) is 11.1. The van der Waals surface area contributed by atoms with Gasteiger partial charge in [-0.05, 0) is 38.3 Å². The number of piperidine rings is 1. The molecule has 0 bridgehead atoms. The summed E-state index contributed by atoms with van der Waals surface area (Å²) in [4.78, 5) is 2.47. The topological polar surface area (TPSA) is 35.5 Å². The van der Waals surface area contributed by atoms with Crippen LogP contribution in [0, 0.1) is 5.41 Å². The number of hydrogen-bond acceptors (Lipinski definition) is 3. The summed E-state index contributed by atoms with van der Waals surface area (Å²) in [6.07, 6.45) is 4.92. The summed E-state index contributed by atoms with van der Waals surface area (Å²) in [6, 6.07) is 0.707. The maximum absolute atomic E-state index is 8.96. The van der Waals surface area contributed by atoms with Crippen molar-refractivity contribution in [3.63, 3.8) is 0 Å². The third kappa shape index (κ3) is 4.81. The van der Waals surface area contributed by atoms with E-state index in [2.05, 4.69) is 31.1 Å². The Morgan fingerprint density at radius 1 is 1.38 bits per heavy atom. The van der Waals surface area contributed by atoms with Crippen LogP contribution < -0.4 is 5.32 Å². The first kappa shape index (κ1) is 13.9. The molecule has 0 radical (unpaired) electrons. The van der Waals surface area contributed by atoms with Crippen molar-refractivity contribution in [2.24, 2.45) is 5.41 Å². The van der Waals surface area contributed by atoms with Crippen LogP contribution in [0.3, 0.4) is 0 Å². The largest absolute Gasteiger partial charge is 0.396 e. The van der Waals surface area contributed by atoms with Crippen LogP contribution in [0.2, 0.25) is 0 Å². The van der Waals surface area contributed by atoms with E-state index in [1.54, 1.807) is 0 Å². The second kappa shape index (κ2) is 6.58. The summed E-state index contributed by atoms with van der Waals surface area (Å²) in [6.45, 7) is 8.04. The summed E-state index contributed by atoms with van der Waals surface area (Å²) >= 11 is 0. The minimum Gasteiger partial charge on any atom is -0.396 e. The van der Waals surface area contributed by atoms with E-state index in [-0.39, 0.29) is 12.0 Å². The van der Waals surface area contributed by atoms with Gasteiger partial charge in [0.1, 0.15) is 0 Å². The van der Waals surface area contributed by atoms with Gasteiger partial charge in [-0.2, -0.15) is 0 Å². The summed E-state index contributed by atoms with van der Waals surface area (Å²) in [7, 11) is 2.23. The average Bonchev–Trinajstić information content (AvgIpc) is 2.20. The van der Waals surface area contributed by atoms with Crippen LogP contribution in [0.25, 0.3) is 0 Å². The fourth-order valence-corrected chi connectivity index (χ4v) is 2.37. The molecule has 1 heterocycles. The molecule has 0 saturated carbocycles. The molecule has 1 unspecified atom stereocenters. The lowest BCUT2D eigenvalue weighted by Crippen LogP contribution is -2.45. The van der Waals surface area contributed by atoms with Crippen LogP contribution in [0.1, 0.15) is 39.5 Å². The maximum Gasteiger partial charge on any atom is 0.0436 e. The molecular weight excluding hydrogens is 200 g/mol. The SMILES string of the molecule is CN1CCCCC1CNCC(C)(C)CCO. The summed E-state index contributed by atoms with van der Waals surface area (Å²) in [5.41, 5.74) is 0.210. The van der Waals surface area contributed by atoms with Gasteiger partial charge >= 0.3 is 0 Å².